The average molecular weight is 279 g/mol. The first-order chi connectivity index (χ1) is 10.2. The molecule has 1 N–H and O–H groups in total. The van der Waals surface area contributed by atoms with Gasteiger partial charge in [0.1, 0.15) is 0 Å². The molecule has 1 aliphatic rings. The van der Waals surface area contributed by atoms with E-state index in [4.69, 9.17) is 0 Å². The van der Waals surface area contributed by atoms with Crippen LogP contribution in [0, 0.1) is 6.92 Å². The Morgan fingerprint density at radius 2 is 1.71 bits per heavy atom. The molecule has 2 nitrogen and oxygen atoms in total. The quantitative estimate of drug-likeness (QED) is 0.907. The van der Waals surface area contributed by atoms with Crippen molar-refractivity contribution in [3.8, 4) is 0 Å². The van der Waals surface area contributed by atoms with Crippen LogP contribution in [-0.2, 0) is 16.8 Å². The van der Waals surface area contributed by atoms with Crippen molar-refractivity contribution >= 4 is 5.91 Å². The molecule has 2 heteroatoms. The maximum absolute atomic E-state index is 12.7. The molecule has 1 fully saturated rings. The lowest BCUT2D eigenvalue weighted by Gasteiger charge is -2.40. The molecule has 0 atom stereocenters. The summed E-state index contributed by atoms with van der Waals surface area (Å²) in [5.41, 5.74) is 3.26. The number of carbonyl (C=O) groups excluding carboxylic acids is 1. The van der Waals surface area contributed by atoms with E-state index in [1.807, 2.05) is 30.3 Å². The summed E-state index contributed by atoms with van der Waals surface area (Å²) in [7, 11) is 0. The van der Waals surface area contributed by atoms with E-state index in [2.05, 4.69) is 36.5 Å². The van der Waals surface area contributed by atoms with Crippen LogP contribution in [0.5, 0.6) is 0 Å². The lowest BCUT2D eigenvalue weighted by Crippen LogP contribution is -2.49. The third-order valence-corrected chi connectivity index (χ3v) is 4.67. The summed E-state index contributed by atoms with van der Waals surface area (Å²) in [6, 6.07) is 18.4. The van der Waals surface area contributed by atoms with Crippen LogP contribution in [0.4, 0.5) is 0 Å². The van der Waals surface area contributed by atoms with Crippen molar-refractivity contribution in [2.24, 2.45) is 0 Å². The van der Waals surface area contributed by atoms with Crippen molar-refractivity contribution in [2.45, 2.75) is 38.1 Å². The van der Waals surface area contributed by atoms with E-state index in [1.54, 1.807) is 0 Å². The third kappa shape index (κ3) is 2.58. The molecule has 0 spiro atoms. The van der Waals surface area contributed by atoms with Crippen LogP contribution in [0.2, 0.25) is 0 Å². The minimum atomic E-state index is -0.302. The van der Waals surface area contributed by atoms with Crippen molar-refractivity contribution in [2.75, 3.05) is 0 Å². The average Bonchev–Trinajstić information content (AvgIpc) is 2.46. The fourth-order valence-corrected chi connectivity index (χ4v) is 3.09. The van der Waals surface area contributed by atoms with Crippen LogP contribution in [0.3, 0.4) is 0 Å². The van der Waals surface area contributed by atoms with Crippen molar-refractivity contribution < 1.29 is 4.79 Å². The van der Waals surface area contributed by atoms with Gasteiger partial charge in [-0.2, -0.15) is 0 Å². The summed E-state index contributed by atoms with van der Waals surface area (Å²) in [4.78, 5) is 12.7. The number of carbonyl (C=O) groups is 1. The lowest BCUT2D eigenvalue weighted by atomic mass is 9.64. The van der Waals surface area contributed by atoms with E-state index in [9.17, 15) is 4.79 Å². The van der Waals surface area contributed by atoms with Gasteiger partial charge in [0.15, 0.2) is 0 Å². The minimum Gasteiger partial charge on any atom is -0.351 e. The molecule has 0 bridgehead atoms. The maximum atomic E-state index is 12.7. The number of nitrogens with one attached hydrogen (secondary N) is 1. The molecule has 3 rings (SSSR count). The fraction of sp³-hybridized carbons (Fsp3) is 0.316. The molecule has 108 valence electrons. The molecule has 2 aromatic rings. The maximum Gasteiger partial charge on any atom is 0.230 e. The molecule has 0 aliphatic heterocycles. The van der Waals surface area contributed by atoms with Crippen LogP contribution in [-0.4, -0.2) is 5.91 Å². The Morgan fingerprint density at radius 3 is 2.33 bits per heavy atom. The van der Waals surface area contributed by atoms with E-state index >= 15 is 0 Å². The molecule has 0 saturated heterocycles. The van der Waals surface area contributed by atoms with Gasteiger partial charge >= 0.3 is 0 Å². The Kier molecular flexibility index (Phi) is 3.78. The molecule has 0 heterocycles. The summed E-state index contributed by atoms with van der Waals surface area (Å²) in [5, 5.41) is 3.14. The van der Waals surface area contributed by atoms with Gasteiger partial charge in [-0.05, 0) is 36.5 Å². The Labute approximate surface area is 126 Å². The van der Waals surface area contributed by atoms with E-state index in [0.29, 0.717) is 6.54 Å². The molecular weight excluding hydrogens is 258 g/mol. The number of hydrogen-bond acceptors (Lipinski definition) is 1. The number of rotatable bonds is 4. The first-order valence-corrected chi connectivity index (χ1v) is 7.61. The highest BCUT2D eigenvalue weighted by Crippen LogP contribution is 2.43. The molecule has 0 unspecified atom stereocenters. The topological polar surface area (TPSA) is 29.1 Å². The highest BCUT2D eigenvalue weighted by atomic mass is 16.2. The van der Waals surface area contributed by atoms with E-state index in [1.165, 1.54) is 11.1 Å². The number of aryl methyl sites for hydroxylation is 1. The number of hydrogen-bond donors (Lipinski definition) is 1. The van der Waals surface area contributed by atoms with E-state index < -0.39 is 0 Å². The monoisotopic (exact) mass is 279 g/mol. The summed E-state index contributed by atoms with van der Waals surface area (Å²) in [5.74, 6) is 0.170. The molecular formula is C19H21NO. The Balaban J connectivity index is 1.74. The second-order valence-corrected chi connectivity index (χ2v) is 5.91. The minimum absolute atomic E-state index is 0.170. The highest BCUT2D eigenvalue weighted by molar-refractivity contribution is 5.89. The van der Waals surface area contributed by atoms with Gasteiger partial charge < -0.3 is 5.32 Å². The molecule has 1 amide bonds. The van der Waals surface area contributed by atoms with Crippen LogP contribution in [0.15, 0.2) is 54.6 Å². The second kappa shape index (κ2) is 5.72. The summed E-state index contributed by atoms with van der Waals surface area (Å²) < 4.78 is 0. The van der Waals surface area contributed by atoms with Gasteiger partial charge in [-0.3, -0.25) is 4.79 Å². The smallest absolute Gasteiger partial charge is 0.230 e. The highest BCUT2D eigenvalue weighted by Gasteiger charge is 2.45. The van der Waals surface area contributed by atoms with Gasteiger partial charge in [0.25, 0.3) is 0 Å². The predicted molar refractivity (Wildman–Crippen MR) is 85.0 cm³/mol. The Morgan fingerprint density at radius 1 is 1.05 bits per heavy atom. The second-order valence-electron chi connectivity index (χ2n) is 5.91. The molecule has 1 saturated carbocycles. The Bertz CT molecular complexity index is 629. The molecule has 1 aliphatic carbocycles. The molecule has 2 aromatic carbocycles. The first kappa shape index (κ1) is 13.9. The SMILES string of the molecule is Cc1ccccc1CNC(=O)C1(c2ccccc2)CCC1. The predicted octanol–water partition coefficient (Wildman–Crippen LogP) is 3.73. The first-order valence-electron chi connectivity index (χ1n) is 7.61. The van der Waals surface area contributed by atoms with Gasteiger partial charge in [0.05, 0.1) is 5.41 Å². The van der Waals surface area contributed by atoms with Gasteiger partial charge in [-0.25, -0.2) is 0 Å². The van der Waals surface area contributed by atoms with Crippen LogP contribution in [0.1, 0.15) is 36.0 Å². The van der Waals surface area contributed by atoms with Gasteiger partial charge in [-0.1, -0.05) is 61.0 Å². The van der Waals surface area contributed by atoms with Crippen molar-refractivity contribution in [1.82, 2.24) is 5.32 Å². The lowest BCUT2D eigenvalue weighted by molar-refractivity contribution is -0.130. The van der Waals surface area contributed by atoms with Gasteiger partial charge in [0, 0.05) is 6.54 Å². The van der Waals surface area contributed by atoms with Gasteiger partial charge in [-0.15, -0.1) is 0 Å². The van der Waals surface area contributed by atoms with E-state index in [-0.39, 0.29) is 11.3 Å². The Hall–Kier alpha value is -2.09. The summed E-state index contributed by atoms with van der Waals surface area (Å²) in [6.45, 7) is 2.69. The van der Waals surface area contributed by atoms with Crippen molar-refractivity contribution in [1.29, 1.82) is 0 Å². The van der Waals surface area contributed by atoms with Crippen LogP contribution >= 0.6 is 0 Å². The van der Waals surface area contributed by atoms with Gasteiger partial charge in [0.2, 0.25) is 5.91 Å². The molecule has 0 aromatic heterocycles. The summed E-state index contributed by atoms with van der Waals surface area (Å²) >= 11 is 0. The van der Waals surface area contributed by atoms with E-state index in [0.717, 1.165) is 24.8 Å². The normalized spacial score (nSPS) is 16.0. The van der Waals surface area contributed by atoms with Crippen LogP contribution in [0.25, 0.3) is 0 Å². The number of benzene rings is 2. The zero-order valence-corrected chi connectivity index (χ0v) is 12.4. The number of amides is 1. The summed E-state index contributed by atoms with van der Waals surface area (Å²) in [6.07, 6.45) is 3.04. The molecule has 0 radical (unpaired) electrons. The van der Waals surface area contributed by atoms with Crippen molar-refractivity contribution in [3.05, 3.63) is 71.3 Å². The standard InChI is InChI=1S/C19H21NO/c1-15-8-5-6-9-16(15)14-20-18(21)19(12-7-13-19)17-10-3-2-4-11-17/h2-6,8-11H,7,12-14H2,1H3,(H,20,21). The largest absolute Gasteiger partial charge is 0.351 e. The third-order valence-electron chi connectivity index (χ3n) is 4.67. The zero-order valence-electron chi connectivity index (χ0n) is 12.4. The fourth-order valence-electron chi connectivity index (χ4n) is 3.09. The van der Waals surface area contributed by atoms with Crippen molar-refractivity contribution in [3.63, 3.8) is 0 Å². The molecule has 21 heavy (non-hydrogen) atoms. The van der Waals surface area contributed by atoms with Crippen LogP contribution < -0.4 is 5.32 Å². The zero-order chi connectivity index (χ0) is 14.7.